The van der Waals surface area contributed by atoms with Crippen LogP contribution in [0.4, 0.5) is 0 Å². The van der Waals surface area contributed by atoms with Gasteiger partial charge in [-0.3, -0.25) is 0 Å². The quantitative estimate of drug-likeness (QED) is 0.796. The van der Waals surface area contributed by atoms with E-state index in [4.69, 9.17) is 15.2 Å². The van der Waals surface area contributed by atoms with Crippen molar-refractivity contribution in [3.8, 4) is 11.5 Å². The molecule has 1 aromatic rings. The van der Waals surface area contributed by atoms with Gasteiger partial charge in [0.2, 0.25) is 0 Å². The minimum Gasteiger partial charge on any atom is -0.497 e. The second kappa shape index (κ2) is 4.86. The van der Waals surface area contributed by atoms with E-state index in [1.54, 1.807) is 14.2 Å². The van der Waals surface area contributed by atoms with Crippen molar-refractivity contribution < 1.29 is 9.47 Å². The Morgan fingerprint density at radius 3 is 2.50 bits per heavy atom. The summed E-state index contributed by atoms with van der Waals surface area (Å²) < 4.78 is 10.4. The SMILES string of the molecule is COc1ccc(OC)c([C@@H](C)CN)c1. The molecule has 0 spiro atoms. The van der Waals surface area contributed by atoms with Crippen molar-refractivity contribution >= 4 is 0 Å². The van der Waals surface area contributed by atoms with E-state index in [9.17, 15) is 0 Å². The van der Waals surface area contributed by atoms with Crippen molar-refractivity contribution in [1.82, 2.24) is 0 Å². The number of rotatable bonds is 4. The Labute approximate surface area is 84.8 Å². The fourth-order valence-corrected chi connectivity index (χ4v) is 1.35. The molecule has 0 unspecified atom stereocenters. The molecular formula is C11H17NO2. The minimum atomic E-state index is 0.278. The highest BCUT2D eigenvalue weighted by Gasteiger charge is 2.10. The fraction of sp³-hybridized carbons (Fsp3) is 0.455. The first-order chi connectivity index (χ1) is 6.72. The molecule has 0 amide bonds. The van der Waals surface area contributed by atoms with Crippen LogP contribution in [0.15, 0.2) is 18.2 Å². The molecule has 0 aliphatic carbocycles. The molecule has 1 rings (SSSR count). The molecule has 0 saturated heterocycles. The van der Waals surface area contributed by atoms with Gasteiger partial charge < -0.3 is 15.2 Å². The van der Waals surface area contributed by atoms with Gasteiger partial charge in [-0.1, -0.05) is 6.92 Å². The van der Waals surface area contributed by atoms with Crippen LogP contribution < -0.4 is 15.2 Å². The summed E-state index contributed by atoms with van der Waals surface area (Å²) in [6.07, 6.45) is 0. The number of benzene rings is 1. The van der Waals surface area contributed by atoms with Gasteiger partial charge in [-0.25, -0.2) is 0 Å². The number of hydrogen-bond acceptors (Lipinski definition) is 3. The zero-order chi connectivity index (χ0) is 10.6. The van der Waals surface area contributed by atoms with Crippen LogP contribution in [0.25, 0.3) is 0 Å². The first-order valence-corrected chi connectivity index (χ1v) is 4.65. The van der Waals surface area contributed by atoms with Crippen molar-refractivity contribution in [3.63, 3.8) is 0 Å². The van der Waals surface area contributed by atoms with Crippen molar-refractivity contribution in [1.29, 1.82) is 0 Å². The maximum Gasteiger partial charge on any atom is 0.122 e. The Morgan fingerprint density at radius 1 is 1.29 bits per heavy atom. The van der Waals surface area contributed by atoms with E-state index in [1.807, 2.05) is 18.2 Å². The van der Waals surface area contributed by atoms with E-state index >= 15 is 0 Å². The maximum absolute atomic E-state index is 5.62. The van der Waals surface area contributed by atoms with Gasteiger partial charge in [0, 0.05) is 5.56 Å². The van der Waals surface area contributed by atoms with Gasteiger partial charge in [0.05, 0.1) is 14.2 Å². The van der Waals surface area contributed by atoms with Crippen LogP contribution >= 0.6 is 0 Å². The van der Waals surface area contributed by atoms with Crippen LogP contribution in [0.1, 0.15) is 18.4 Å². The third-order valence-electron chi connectivity index (χ3n) is 2.32. The number of methoxy groups -OCH3 is 2. The summed E-state index contributed by atoms with van der Waals surface area (Å²) in [6, 6.07) is 5.75. The average molecular weight is 195 g/mol. The summed E-state index contributed by atoms with van der Waals surface area (Å²) in [7, 11) is 3.31. The van der Waals surface area contributed by atoms with Gasteiger partial charge in [0.1, 0.15) is 11.5 Å². The predicted octanol–water partition coefficient (Wildman–Crippen LogP) is 1.77. The average Bonchev–Trinajstić information content (AvgIpc) is 2.27. The first-order valence-electron chi connectivity index (χ1n) is 4.65. The smallest absolute Gasteiger partial charge is 0.122 e. The first kappa shape index (κ1) is 10.9. The van der Waals surface area contributed by atoms with Crippen LogP contribution in [-0.4, -0.2) is 20.8 Å². The van der Waals surface area contributed by atoms with Crippen molar-refractivity contribution in [2.75, 3.05) is 20.8 Å². The summed E-state index contributed by atoms with van der Waals surface area (Å²) in [6.45, 7) is 2.67. The number of ether oxygens (including phenoxy) is 2. The Balaban J connectivity index is 3.08. The Morgan fingerprint density at radius 2 is 2.00 bits per heavy atom. The normalized spacial score (nSPS) is 12.3. The molecule has 3 nitrogen and oxygen atoms in total. The highest BCUT2D eigenvalue weighted by atomic mass is 16.5. The zero-order valence-electron chi connectivity index (χ0n) is 8.91. The van der Waals surface area contributed by atoms with Gasteiger partial charge in [-0.2, -0.15) is 0 Å². The van der Waals surface area contributed by atoms with Crippen LogP contribution in [0.3, 0.4) is 0 Å². The third kappa shape index (κ3) is 2.17. The van der Waals surface area contributed by atoms with E-state index in [2.05, 4.69) is 6.92 Å². The molecule has 1 atom stereocenters. The molecule has 2 N–H and O–H groups in total. The van der Waals surface area contributed by atoms with Crippen molar-refractivity contribution in [3.05, 3.63) is 23.8 Å². The minimum absolute atomic E-state index is 0.278. The summed E-state index contributed by atoms with van der Waals surface area (Å²) in [5.74, 6) is 1.98. The summed E-state index contributed by atoms with van der Waals surface area (Å²) in [4.78, 5) is 0. The lowest BCUT2D eigenvalue weighted by atomic mass is 10.00. The second-order valence-electron chi connectivity index (χ2n) is 3.24. The van der Waals surface area contributed by atoms with Crippen LogP contribution in [0.2, 0.25) is 0 Å². The number of nitrogens with two attached hydrogens (primary N) is 1. The second-order valence-corrected chi connectivity index (χ2v) is 3.24. The monoisotopic (exact) mass is 195 g/mol. The van der Waals surface area contributed by atoms with Crippen LogP contribution in [-0.2, 0) is 0 Å². The molecule has 0 aliphatic rings. The molecule has 0 aliphatic heterocycles. The molecular weight excluding hydrogens is 178 g/mol. The maximum atomic E-state index is 5.62. The van der Waals surface area contributed by atoms with E-state index in [1.165, 1.54) is 0 Å². The molecule has 78 valence electrons. The predicted molar refractivity (Wildman–Crippen MR) is 57.0 cm³/mol. The molecule has 14 heavy (non-hydrogen) atoms. The molecule has 0 aromatic heterocycles. The van der Waals surface area contributed by atoms with E-state index < -0.39 is 0 Å². The zero-order valence-corrected chi connectivity index (χ0v) is 8.91. The largest absolute Gasteiger partial charge is 0.497 e. The molecule has 0 radical (unpaired) electrons. The highest BCUT2D eigenvalue weighted by molar-refractivity contribution is 5.42. The Kier molecular flexibility index (Phi) is 3.77. The van der Waals surface area contributed by atoms with Gasteiger partial charge in [0.25, 0.3) is 0 Å². The van der Waals surface area contributed by atoms with Gasteiger partial charge in [0.15, 0.2) is 0 Å². The van der Waals surface area contributed by atoms with E-state index in [0.717, 1.165) is 17.1 Å². The number of hydrogen-bond donors (Lipinski definition) is 1. The topological polar surface area (TPSA) is 44.5 Å². The lowest BCUT2D eigenvalue weighted by Gasteiger charge is -2.14. The van der Waals surface area contributed by atoms with Gasteiger partial charge >= 0.3 is 0 Å². The molecule has 0 bridgehead atoms. The summed E-state index contributed by atoms with van der Waals surface area (Å²) >= 11 is 0. The van der Waals surface area contributed by atoms with Crippen LogP contribution in [0.5, 0.6) is 11.5 Å². The van der Waals surface area contributed by atoms with Gasteiger partial charge in [-0.05, 0) is 30.7 Å². The highest BCUT2D eigenvalue weighted by Crippen LogP contribution is 2.29. The van der Waals surface area contributed by atoms with Crippen molar-refractivity contribution in [2.45, 2.75) is 12.8 Å². The molecule has 0 fully saturated rings. The lowest BCUT2D eigenvalue weighted by Crippen LogP contribution is -2.10. The Hall–Kier alpha value is -1.22. The standard InChI is InChI=1S/C11H17NO2/c1-8(7-12)10-6-9(13-2)4-5-11(10)14-3/h4-6,8H,7,12H2,1-3H3/t8-/m0/s1. The van der Waals surface area contributed by atoms with Gasteiger partial charge in [-0.15, -0.1) is 0 Å². The molecule has 3 heteroatoms. The van der Waals surface area contributed by atoms with Crippen molar-refractivity contribution in [2.24, 2.45) is 5.73 Å². The molecule has 0 heterocycles. The van der Waals surface area contributed by atoms with E-state index in [-0.39, 0.29) is 5.92 Å². The Bertz CT molecular complexity index is 299. The fourth-order valence-electron chi connectivity index (χ4n) is 1.35. The van der Waals surface area contributed by atoms with E-state index in [0.29, 0.717) is 6.54 Å². The van der Waals surface area contributed by atoms with Crippen LogP contribution in [0, 0.1) is 0 Å². The summed E-state index contributed by atoms with van der Waals surface area (Å²) in [5.41, 5.74) is 6.71. The summed E-state index contributed by atoms with van der Waals surface area (Å²) in [5, 5.41) is 0. The molecule has 0 saturated carbocycles. The lowest BCUT2D eigenvalue weighted by molar-refractivity contribution is 0.396. The molecule has 1 aromatic carbocycles. The third-order valence-corrected chi connectivity index (χ3v) is 2.32.